The van der Waals surface area contributed by atoms with E-state index in [0.29, 0.717) is 11.3 Å². The molecule has 27 heavy (non-hydrogen) atoms. The maximum Gasteiger partial charge on any atom is 0.437 e. The van der Waals surface area contributed by atoms with Crippen LogP contribution < -0.4 is 10.5 Å². The summed E-state index contributed by atoms with van der Waals surface area (Å²) in [6, 6.07) is 10.9. The summed E-state index contributed by atoms with van der Waals surface area (Å²) in [7, 11) is -3.42. The number of sulfonamides is 1. The normalized spacial score (nSPS) is 11.3. The Morgan fingerprint density at radius 3 is 2.37 bits per heavy atom. The number of Topliss-reactive ketones (excluding diaryl/α,β-unsaturated/α-hetero) is 1. The predicted octanol–water partition coefficient (Wildman–Crippen LogP) is 1.90. The number of halogens is 1. The molecule has 0 bridgehead atoms. The van der Waals surface area contributed by atoms with Crippen LogP contribution >= 0.6 is 0 Å². The first kappa shape index (κ1) is 18.5. The SMILES string of the molecule is CS(=O)(=O)Nc1ccc(C(=O)Cn2nc(-c3ccc(F)cc3)oc2=O)cc1. The van der Waals surface area contributed by atoms with E-state index in [2.05, 4.69) is 9.82 Å². The van der Waals surface area contributed by atoms with Gasteiger partial charge in [0, 0.05) is 16.8 Å². The average Bonchev–Trinajstić information content (AvgIpc) is 2.95. The van der Waals surface area contributed by atoms with E-state index in [1.165, 1.54) is 48.5 Å². The summed E-state index contributed by atoms with van der Waals surface area (Å²) in [4.78, 5) is 24.2. The Balaban J connectivity index is 1.76. The lowest BCUT2D eigenvalue weighted by molar-refractivity contribution is 0.0965. The second kappa shape index (κ2) is 7.16. The van der Waals surface area contributed by atoms with Gasteiger partial charge >= 0.3 is 5.76 Å². The first-order chi connectivity index (χ1) is 12.7. The molecule has 0 saturated carbocycles. The fourth-order valence-electron chi connectivity index (χ4n) is 2.28. The van der Waals surface area contributed by atoms with Crippen LogP contribution in [0, 0.1) is 5.82 Å². The Hall–Kier alpha value is -3.27. The third kappa shape index (κ3) is 4.67. The maximum absolute atomic E-state index is 13.0. The zero-order chi connectivity index (χ0) is 19.6. The Bertz CT molecular complexity index is 1130. The summed E-state index contributed by atoms with van der Waals surface area (Å²) in [6.07, 6.45) is 1.02. The van der Waals surface area contributed by atoms with Crippen molar-refractivity contribution in [1.82, 2.24) is 9.78 Å². The third-order valence-corrected chi connectivity index (χ3v) is 4.11. The zero-order valence-corrected chi connectivity index (χ0v) is 14.9. The number of hydrogen-bond donors (Lipinski definition) is 1. The number of hydrogen-bond acceptors (Lipinski definition) is 6. The van der Waals surface area contributed by atoms with Crippen molar-refractivity contribution in [3.63, 3.8) is 0 Å². The highest BCUT2D eigenvalue weighted by molar-refractivity contribution is 7.92. The van der Waals surface area contributed by atoms with Gasteiger partial charge in [0.2, 0.25) is 15.9 Å². The Labute approximate surface area is 153 Å². The molecule has 0 radical (unpaired) electrons. The second-order valence-electron chi connectivity index (χ2n) is 5.71. The van der Waals surface area contributed by atoms with Gasteiger partial charge in [-0.3, -0.25) is 9.52 Å². The molecule has 1 N–H and O–H groups in total. The van der Waals surface area contributed by atoms with E-state index >= 15 is 0 Å². The molecular formula is C17H14FN3O5S. The first-order valence-corrected chi connectivity index (χ1v) is 9.55. The highest BCUT2D eigenvalue weighted by Gasteiger charge is 2.15. The molecule has 2 aromatic carbocycles. The molecule has 1 heterocycles. The topological polar surface area (TPSA) is 111 Å². The van der Waals surface area contributed by atoms with Crippen molar-refractivity contribution in [3.8, 4) is 11.5 Å². The van der Waals surface area contributed by atoms with Gasteiger partial charge in [-0.25, -0.2) is 17.6 Å². The van der Waals surface area contributed by atoms with Gasteiger partial charge < -0.3 is 4.42 Å². The van der Waals surface area contributed by atoms with Gasteiger partial charge in [0.1, 0.15) is 12.4 Å². The Morgan fingerprint density at radius 1 is 1.15 bits per heavy atom. The molecule has 0 atom stereocenters. The van der Waals surface area contributed by atoms with Crippen molar-refractivity contribution in [2.24, 2.45) is 0 Å². The average molecular weight is 391 g/mol. The molecule has 0 unspecified atom stereocenters. The van der Waals surface area contributed by atoms with Crippen LogP contribution in [0.2, 0.25) is 0 Å². The lowest BCUT2D eigenvalue weighted by atomic mass is 10.1. The summed E-state index contributed by atoms with van der Waals surface area (Å²) in [6.45, 7) is -0.359. The van der Waals surface area contributed by atoms with Gasteiger partial charge in [-0.1, -0.05) is 0 Å². The van der Waals surface area contributed by atoms with E-state index < -0.39 is 27.4 Å². The summed E-state index contributed by atoms with van der Waals surface area (Å²) >= 11 is 0. The number of carbonyl (C=O) groups excluding carboxylic acids is 1. The second-order valence-corrected chi connectivity index (χ2v) is 7.46. The van der Waals surface area contributed by atoms with Crippen LogP contribution in [0.3, 0.4) is 0 Å². The molecule has 0 aliphatic heterocycles. The minimum Gasteiger partial charge on any atom is -0.388 e. The summed E-state index contributed by atoms with van der Waals surface area (Å²) in [5.74, 6) is -1.70. The number of nitrogens with zero attached hydrogens (tertiary/aromatic N) is 2. The van der Waals surface area contributed by atoms with E-state index in [9.17, 15) is 22.4 Å². The molecule has 10 heteroatoms. The summed E-state index contributed by atoms with van der Waals surface area (Å²) in [5, 5.41) is 3.94. The van der Waals surface area contributed by atoms with E-state index in [-0.39, 0.29) is 18.0 Å². The highest BCUT2D eigenvalue weighted by atomic mass is 32.2. The number of nitrogens with one attached hydrogen (secondary N) is 1. The number of anilines is 1. The summed E-state index contributed by atoms with van der Waals surface area (Å²) in [5.41, 5.74) is 0.981. The van der Waals surface area contributed by atoms with Crippen molar-refractivity contribution in [2.45, 2.75) is 6.54 Å². The van der Waals surface area contributed by atoms with Gasteiger partial charge in [0.05, 0.1) is 6.26 Å². The van der Waals surface area contributed by atoms with Gasteiger partial charge in [-0.15, -0.1) is 5.10 Å². The lowest BCUT2D eigenvalue weighted by Gasteiger charge is -2.05. The maximum atomic E-state index is 13.0. The van der Waals surface area contributed by atoms with Crippen molar-refractivity contribution < 1.29 is 22.0 Å². The van der Waals surface area contributed by atoms with Gasteiger partial charge in [0.15, 0.2) is 5.78 Å². The Kier molecular flexibility index (Phi) is 4.91. The lowest BCUT2D eigenvalue weighted by Crippen LogP contribution is -2.21. The molecule has 8 nitrogen and oxygen atoms in total. The molecule has 0 saturated heterocycles. The van der Waals surface area contributed by atoms with Crippen LogP contribution in [-0.2, 0) is 16.6 Å². The largest absolute Gasteiger partial charge is 0.437 e. The molecule has 1 aromatic heterocycles. The molecule has 140 valence electrons. The number of benzene rings is 2. The minimum atomic E-state index is -3.42. The number of aromatic nitrogens is 2. The quantitative estimate of drug-likeness (QED) is 0.643. The van der Waals surface area contributed by atoms with Crippen molar-refractivity contribution in [1.29, 1.82) is 0 Å². The van der Waals surface area contributed by atoms with E-state index in [1.54, 1.807) is 0 Å². The molecule has 3 rings (SSSR count). The van der Waals surface area contributed by atoms with Crippen LogP contribution in [0.15, 0.2) is 57.7 Å². The van der Waals surface area contributed by atoms with Crippen molar-refractivity contribution in [2.75, 3.05) is 11.0 Å². The van der Waals surface area contributed by atoms with Crippen LogP contribution in [0.25, 0.3) is 11.5 Å². The third-order valence-electron chi connectivity index (χ3n) is 3.50. The fourth-order valence-corrected chi connectivity index (χ4v) is 2.85. The molecular weight excluding hydrogens is 377 g/mol. The molecule has 0 amide bonds. The van der Waals surface area contributed by atoms with Crippen LogP contribution in [0.1, 0.15) is 10.4 Å². The van der Waals surface area contributed by atoms with Crippen LogP contribution in [-0.4, -0.2) is 30.2 Å². The van der Waals surface area contributed by atoms with Gasteiger partial charge in [0.25, 0.3) is 0 Å². The zero-order valence-electron chi connectivity index (χ0n) is 14.0. The monoisotopic (exact) mass is 391 g/mol. The van der Waals surface area contributed by atoms with Crippen LogP contribution in [0.4, 0.5) is 10.1 Å². The fraction of sp³-hybridized carbons (Fsp3) is 0.118. The molecule has 0 spiro atoms. The number of ketones is 1. The van der Waals surface area contributed by atoms with Crippen LogP contribution in [0.5, 0.6) is 0 Å². The number of rotatable bonds is 6. The summed E-state index contributed by atoms with van der Waals surface area (Å²) < 4.78 is 43.5. The highest BCUT2D eigenvalue weighted by Crippen LogP contribution is 2.16. The standard InChI is InChI=1S/C17H14FN3O5S/c1-27(24,25)20-14-8-4-11(5-9-14)15(22)10-21-17(23)26-16(19-21)12-2-6-13(18)7-3-12/h2-9,20H,10H2,1H3. The van der Waals surface area contributed by atoms with Gasteiger partial charge in [-0.05, 0) is 48.5 Å². The van der Waals surface area contributed by atoms with E-state index in [1.807, 2.05) is 0 Å². The van der Waals surface area contributed by atoms with Gasteiger partial charge in [-0.2, -0.15) is 4.68 Å². The van der Waals surface area contributed by atoms with Crippen molar-refractivity contribution >= 4 is 21.5 Å². The van der Waals surface area contributed by atoms with E-state index in [0.717, 1.165) is 10.9 Å². The van der Waals surface area contributed by atoms with Crippen molar-refractivity contribution in [3.05, 3.63) is 70.5 Å². The number of carbonyl (C=O) groups is 1. The first-order valence-electron chi connectivity index (χ1n) is 7.66. The minimum absolute atomic E-state index is 0.0273. The molecule has 0 fully saturated rings. The smallest absolute Gasteiger partial charge is 0.388 e. The molecule has 0 aliphatic rings. The van der Waals surface area contributed by atoms with E-state index in [4.69, 9.17) is 4.42 Å². The molecule has 0 aliphatic carbocycles. The Morgan fingerprint density at radius 2 is 1.78 bits per heavy atom. The predicted molar refractivity (Wildman–Crippen MR) is 95.4 cm³/mol. The molecule has 3 aromatic rings.